The fraction of sp³-hybridized carbons (Fsp3) is 0.917. The molecule has 3 nitrogen and oxygen atoms in total. The molecule has 2 saturated heterocycles. The number of rotatable bonds is 0. The van der Waals surface area contributed by atoms with E-state index in [-0.39, 0.29) is 17.0 Å². The molecule has 4 atom stereocenters. The fourth-order valence-corrected chi connectivity index (χ4v) is 3.67. The first-order valence-corrected chi connectivity index (χ1v) is 5.52. The van der Waals surface area contributed by atoms with Gasteiger partial charge in [0, 0.05) is 0 Å². The number of carbonyl (C=O) groups excluding carboxylic acids is 1. The van der Waals surface area contributed by atoms with Crippen LogP contribution in [-0.4, -0.2) is 28.2 Å². The lowest BCUT2D eigenvalue weighted by Crippen LogP contribution is -2.58. The second-order valence-electron chi connectivity index (χ2n) is 6.29. The Labute approximate surface area is 90.1 Å². The Morgan fingerprint density at radius 2 is 1.33 bits per heavy atom. The molecule has 0 radical (unpaired) electrons. The van der Waals surface area contributed by atoms with Gasteiger partial charge in [-0.3, -0.25) is 4.79 Å². The largest absolute Gasteiger partial charge is 0.359 e. The van der Waals surface area contributed by atoms with Crippen LogP contribution >= 0.6 is 0 Å². The molecule has 0 bridgehead atoms. The molecular formula is C12H18O3. The van der Waals surface area contributed by atoms with Crippen molar-refractivity contribution < 1.29 is 14.3 Å². The van der Waals surface area contributed by atoms with Crippen molar-refractivity contribution in [2.24, 2.45) is 5.41 Å². The maximum atomic E-state index is 12.4. The third-order valence-electron chi connectivity index (χ3n) is 5.66. The van der Waals surface area contributed by atoms with E-state index in [0.29, 0.717) is 0 Å². The van der Waals surface area contributed by atoms with E-state index in [0.717, 1.165) is 0 Å². The molecule has 3 heteroatoms. The molecular weight excluding hydrogens is 192 g/mol. The Hall–Kier alpha value is -0.410. The summed E-state index contributed by atoms with van der Waals surface area (Å²) in [5.41, 5.74) is -2.22. The van der Waals surface area contributed by atoms with Crippen LogP contribution in [0.15, 0.2) is 0 Å². The first kappa shape index (κ1) is 9.79. The lowest BCUT2D eigenvalue weighted by molar-refractivity contribution is -0.135. The molecule has 0 spiro atoms. The molecule has 0 aromatic heterocycles. The summed E-state index contributed by atoms with van der Waals surface area (Å²) in [6.07, 6.45) is 0. The van der Waals surface area contributed by atoms with Gasteiger partial charge >= 0.3 is 0 Å². The van der Waals surface area contributed by atoms with Gasteiger partial charge in [-0.1, -0.05) is 0 Å². The minimum absolute atomic E-state index is 0.176. The summed E-state index contributed by atoms with van der Waals surface area (Å²) in [5.74, 6) is 0.176. The van der Waals surface area contributed by atoms with E-state index in [1.165, 1.54) is 0 Å². The van der Waals surface area contributed by atoms with Crippen molar-refractivity contribution in [3.05, 3.63) is 0 Å². The van der Waals surface area contributed by atoms with Gasteiger partial charge in [-0.2, -0.15) is 0 Å². The van der Waals surface area contributed by atoms with Crippen LogP contribution in [-0.2, 0) is 14.3 Å². The van der Waals surface area contributed by atoms with Gasteiger partial charge < -0.3 is 9.47 Å². The maximum absolute atomic E-state index is 12.4. The third kappa shape index (κ3) is 0.591. The molecule has 0 aromatic rings. The number of Topliss-reactive ketones (excluding diaryl/α,β-unsaturated/α-hetero) is 1. The number of carbonyl (C=O) groups is 1. The first-order chi connectivity index (χ1) is 6.57. The van der Waals surface area contributed by atoms with E-state index in [4.69, 9.17) is 9.47 Å². The number of hydrogen-bond donors (Lipinski definition) is 0. The van der Waals surface area contributed by atoms with Gasteiger partial charge in [0.25, 0.3) is 0 Å². The van der Waals surface area contributed by atoms with E-state index in [1.807, 2.05) is 34.6 Å². The van der Waals surface area contributed by atoms with Gasteiger partial charge in [0.05, 0.1) is 5.41 Å². The molecule has 3 aliphatic rings. The molecule has 3 rings (SSSR count). The van der Waals surface area contributed by atoms with Gasteiger partial charge in [-0.25, -0.2) is 0 Å². The molecule has 0 N–H and O–H groups in total. The van der Waals surface area contributed by atoms with Crippen LogP contribution in [0.5, 0.6) is 0 Å². The summed E-state index contributed by atoms with van der Waals surface area (Å²) < 4.78 is 11.7. The van der Waals surface area contributed by atoms with Crippen LogP contribution in [0.3, 0.4) is 0 Å². The monoisotopic (exact) mass is 210 g/mol. The summed E-state index contributed by atoms with van der Waals surface area (Å²) in [6, 6.07) is 0. The van der Waals surface area contributed by atoms with E-state index in [9.17, 15) is 4.79 Å². The minimum atomic E-state index is -0.638. The molecule has 1 aliphatic carbocycles. The summed E-state index contributed by atoms with van der Waals surface area (Å²) in [4.78, 5) is 12.4. The molecule has 0 unspecified atom stereocenters. The predicted molar refractivity (Wildman–Crippen MR) is 54.6 cm³/mol. The van der Waals surface area contributed by atoms with Crippen LogP contribution in [0.4, 0.5) is 0 Å². The standard InChI is InChI=1S/C12H18O3/c1-8(2)7(13)9(3)11(5,14-9)12(6)10(8,4)15-12/h1-6H3/t9-,10-,11-,12-/m0/s1. The Balaban J connectivity index is 2.21. The Kier molecular flexibility index (Phi) is 1.18. The zero-order chi connectivity index (χ0) is 11.5. The molecule has 3 fully saturated rings. The molecule has 15 heavy (non-hydrogen) atoms. The van der Waals surface area contributed by atoms with Crippen LogP contribution in [0, 0.1) is 5.41 Å². The normalized spacial score (nSPS) is 64.5. The van der Waals surface area contributed by atoms with Crippen LogP contribution < -0.4 is 0 Å². The quantitative estimate of drug-likeness (QED) is 0.571. The fourth-order valence-electron chi connectivity index (χ4n) is 3.67. The van der Waals surface area contributed by atoms with Gasteiger partial charge in [0.1, 0.15) is 16.8 Å². The lowest BCUT2D eigenvalue weighted by Gasteiger charge is -2.37. The summed E-state index contributed by atoms with van der Waals surface area (Å²) >= 11 is 0. The average Bonchev–Trinajstić information content (AvgIpc) is 2.89. The highest BCUT2D eigenvalue weighted by atomic mass is 16.7. The van der Waals surface area contributed by atoms with Crippen molar-refractivity contribution in [1.29, 1.82) is 0 Å². The Morgan fingerprint density at radius 1 is 0.800 bits per heavy atom. The number of fused-ring (bicyclic) bond motifs is 3. The first-order valence-electron chi connectivity index (χ1n) is 5.52. The Bertz CT molecular complexity index is 402. The molecule has 1 saturated carbocycles. The van der Waals surface area contributed by atoms with E-state index < -0.39 is 16.6 Å². The number of epoxide rings is 2. The Morgan fingerprint density at radius 3 is 1.87 bits per heavy atom. The maximum Gasteiger partial charge on any atom is 0.176 e. The van der Waals surface area contributed by atoms with Gasteiger partial charge in [-0.05, 0) is 41.5 Å². The van der Waals surface area contributed by atoms with Crippen LogP contribution in [0.25, 0.3) is 0 Å². The van der Waals surface area contributed by atoms with Crippen LogP contribution in [0.1, 0.15) is 41.5 Å². The van der Waals surface area contributed by atoms with Crippen molar-refractivity contribution in [3.8, 4) is 0 Å². The molecule has 0 amide bonds. The van der Waals surface area contributed by atoms with Crippen LogP contribution in [0.2, 0.25) is 0 Å². The highest BCUT2D eigenvalue weighted by molar-refractivity contribution is 6.00. The number of ketones is 1. The molecule has 84 valence electrons. The van der Waals surface area contributed by atoms with E-state index in [2.05, 4.69) is 6.92 Å². The summed E-state index contributed by atoms with van der Waals surface area (Å²) in [6.45, 7) is 11.9. The van der Waals surface area contributed by atoms with E-state index in [1.54, 1.807) is 0 Å². The van der Waals surface area contributed by atoms with Gasteiger partial charge in [0.2, 0.25) is 0 Å². The summed E-state index contributed by atoms with van der Waals surface area (Å²) in [5, 5.41) is 0. The highest BCUT2D eigenvalue weighted by Crippen LogP contribution is 2.77. The minimum Gasteiger partial charge on any atom is -0.359 e. The average molecular weight is 210 g/mol. The predicted octanol–water partition coefficient (Wildman–Crippen LogP) is 1.69. The van der Waals surface area contributed by atoms with E-state index >= 15 is 0 Å². The van der Waals surface area contributed by atoms with Gasteiger partial charge in [0.15, 0.2) is 11.4 Å². The van der Waals surface area contributed by atoms with Crippen molar-refractivity contribution in [1.82, 2.24) is 0 Å². The van der Waals surface area contributed by atoms with Crippen molar-refractivity contribution in [2.75, 3.05) is 0 Å². The summed E-state index contributed by atoms with van der Waals surface area (Å²) in [7, 11) is 0. The smallest absolute Gasteiger partial charge is 0.176 e. The zero-order valence-corrected chi connectivity index (χ0v) is 10.2. The number of ether oxygens (including phenoxy) is 2. The second kappa shape index (κ2) is 1.80. The van der Waals surface area contributed by atoms with Crippen molar-refractivity contribution >= 4 is 5.78 Å². The zero-order valence-electron chi connectivity index (χ0n) is 10.2. The van der Waals surface area contributed by atoms with Gasteiger partial charge in [-0.15, -0.1) is 0 Å². The lowest BCUT2D eigenvalue weighted by atomic mass is 9.57. The topological polar surface area (TPSA) is 42.1 Å². The molecule has 2 heterocycles. The number of hydrogen-bond acceptors (Lipinski definition) is 3. The van der Waals surface area contributed by atoms with Crippen molar-refractivity contribution in [3.63, 3.8) is 0 Å². The molecule has 0 aromatic carbocycles. The SMILES string of the molecule is CC1(C)C(=O)[C@]2(C)O[C@]2(C)[C@@]2(C)O[C@@]12C. The van der Waals surface area contributed by atoms with Crippen molar-refractivity contribution in [2.45, 2.75) is 63.9 Å². The molecule has 2 aliphatic heterocycles. The second-order valence-corrected chi connectivity index (χ2v) is 6.29. The highest BCUT2D eigenvalue weighted by Gasteiger charge is 2.95. The third-order valence-corrected chi connectivity index (χ3v) is 5.66.